The molecule has 18 heavy (non-hydrogen) atoms. The molecule has 0 radical (unpaired) electrons. The SMILES string of the molecule is CC(NCc1ccccc1)C(C)C1CCCCC1. The predicted molar refractivity (Wildman–Crippen MR) is 78.5 cm³/mol. The van der Waals surface area contributed by atoms with E-state index in [1.807, 2.05) is 0 Å². The van der Waals surface area contributed by atoms with E-state index in [0.717, 1.165) is 18.4 Å². The Morgan fingerprint density at radius 2 is 1.72 bits per heavy atom. The molecule has 0 bridgehead atoms. The van der Waals surface area contributed by atoms with Gasteiger partial charge in [-0.25, -0.2) is 0 Å². The molecule has 2 atom stereocenters. The van der Waals surface area contributed by atoms with Crippen molar-refractivity contribution in [1.29, 1.82) is 0 Å². The van der Waals surface area contributed by atoms with Gasteiger partial charge in [-0.2, -0.15) is 0 Å². The molecule has 0 heterocycles. The van der Waals surface area contributed by atoms with E-state index in [4.69, 9.17) is 0 Å². The van der Waals surface area contributed by atoms with E-state index < -0.39 is 0 Å². The smallest absolute Gasteiger partial charge is 0.0208 e. The second-order valence-corrected chi connectivity index (χ2v) is 5.91. The topological polar surface area (TPSA) is 12.0 Å². The summed E-state index contributed by atoms with van der Waals surface area (Å²) in [5.74, 6) is 1.74. The third-order valence-corrected chi connectivity index (χ3v) is 4.65. The molecule has 0 amide bonds. The van der Waals surface area contributed by atoms with Crippen LogP contribution in [-0.4, -0.2) is 6.04 Å². The van der Waals surface area contributed by atoms with Crippen molar-refractivity contribution in [3.63, 3.8) is 0 Å². The van der Waals surface area contributed by atoms with Crippen molar-refractivity contribution in [2.24, 2.45) is 11.8 Å². The van der Waals surface area contributed by atoms with Crippen LogP contribution >= 0.6 is 0 Å². The maximum atomic E-state index is 3.70. The van der Waals surface area contributed by atoms with Crippen molar-refractivity contribution in [3.8, 4) is 0 Å². The summed E-state index contributed by atoms with van der Waals surface area (Å²) in [7, 11) is 0. The molecule has 100 valence electrons. The zero-order chi connectivity index (χ0) is 12.8. The van der Waals surface area contributed by atoms with Crippen molar-refractivity contribution < 1.29 is 0 Å². The van der Waals surface area contributed by atoms with E-state index in [2.05, 4.69) is 49.5 Å². The van der Waals surface area contributed by atoms with Crippen LogP contribution in [0.1, 0.15) is 51.5 Å². The third-order valence-electron chi connectivity index (χ3n) is 4.65. The van der Waals surface area contributed by atoms with Crippen LogP contribution in [0.5, 0.6) is 0 Å². The van der Waals surface area contributed by atoms with Gasteiger partial charge in [-0.1, -0.05) is 69.4 Å². The largest absolute Gasteiger partial charge is 0.310 e. The maximum Gasteiger partial charge on any atom is 0.0208 e. The van der Waals surface area contributed by atoms with Crippen LogP contribution < -0.4 is 5.32 Å². The molecule has 0 saturated heterocycles. The van der Waals surface area contributed by atoms with Crippen LogP contribution in [0.3, 0.4) is 0 Å². The summed E-state index contributed by atoms with van der Waals surface area (Å²) < 4.78 is 0. The fourth-order valence-electron chi connectivity index (χ4n) is 3.13. The van der Waals surface area contributed by atoms with Gasteiger partial charge in [0.15, 0.2) is 0 Å². The standard InChI is InChI=1S/C17H27N/c1-14(17-11-7-4-8-12-17)15(2)18-13-16-9-5-3-6-10-16/h3,5-6,9-10,14-15,17-18H,4,7-8,11-13H2,1-2H3. The van der Waals surface area contributed by atoms with Crippen molar-refractivity contribution in [3.05, 3.63) is 35.9 Å². The van der Waals surface area contributed by atoms with Crippen LogP contribution in [0.4, 0.5) is 0 Å². The predicted octanol–water partition coefficient (Wildman–Crippen LogP) is 4.38. The molecule has 1 saturated carbocycles. The molecule has 0 spiro atoms. The van der Waals surface area contributed by atoms with Crippen molar-refractivity contribution in [1.82, 2.24) is 5.32 Å². The molecule has 2 unspecified atom stereocenters. The summed E-state index contributed by atoms with van der Waals surface area (Å²) in [6, 6.07) is 11.3. The van der Waals surface area contributed by atoms with Gasteiger partial charge in [0, 0.05) is 12.6 Å². The lowest BCUT2D eigenvalue weighted by Crippen LogP contribution is -2.36. The molecule has 0 aromatic heterocycles. The Bertz CT molecular complexity index is 327. The highest BCUT2D eigenvalue weighted by Gasteiger charge is 2.23. The second kappa shape index (κ2) is 6.94. The van der Waals surface area contributed by atoms with Crippen LogP contribution in [0.25, 0.3) is 0 Å². The first-order valence-corrected chi connectivity index (χ1v) is 7.54. The maximum absolute atomic E-state index is 3.70. The van der Waals surface area contributed by atoms with Gasteiger partial charge >= 0.3 is 0 Å². The second-order valence-electron chi connectivity index (χ2n) is 5.91. The van der Waals surface area contributed by atoms with E-state index in [1.54, 1.807) is 0 Å². The highest BCUT2D eigenvalue weighted by molar-refractivity contribution is 5.14. The summed E-state index contributed by atoms with van der Waals surface area (Å²) in [5.41, 5.74) is 1.39. The summed E-state index contributed by atoms with van der Waals surface area (Å²) in [5, 5.41) is 3.70. The fourth-order valence-corrected chi connectivity index (χ4v) is 3.13. The van der Waals surface area contributed by atoms with E-state index >= 15 is 0 Å². The molecular weight excluding hydrogens is 218 g/mol. The van der Waals surface area contributed by atoms with Gasteiger partial charge < -0.3 is 5.32 Å². The summed E-state index contributed by atoms with van der Waals surface area (Å²) in [4.78, 5) is 0. The van der Waals surface area contributed by atoms with Gasteiger partial charge in [0.1, 0.15) is 0 Å². The van der Waals surface area contributed by atoms with Gasteiger partial charge in [-0.05, 0) is 24.3 Å². The molecule has 1 aliphatic carbocycles. The number of benzene rings is 1. The Hall–Kier alpha value is -0.820. The number of hydrogen-bond donors (Lipinski definition) is 1. The molecule has 0 aliphatic heterocycles. The quantitative estimate of drug-likeness (QED) is 0.811. The zero-order valence-corrected chi connectivity index (χ0v) is 11.9. The van der Waals surface area contributed by atoms with Crippen molar-refractivity contribution in [2.75, 3.05) is 0 Å². The first kappa shape index (κ1) is 13.6. The van der Waals surface area contributed by atoms with Gasteiger partial charge in [0.05, 0.1) is 0 Å². The summed E-state index contributed by atoms with van der Waals surface area (Å²) in [6.07, 6.45) is 7.23. The molecule has 1 aromatic rings. The Morgan fingerprint density at radius 3 is 2.39 bits per heavy atom. The highest BCUT2D eigenvalue weighted by Crippen LogP contribution is 2.31. The fraction of sp³-hybridized carbons (Fsp3) is 0.647. The Balaban J connectivity index is 1.78. The minimum Gasteiger partial charge on any atom is -0.310 e. The molecule has 1 heteroatoms. The van der Waals surface area contributed by atoms with Crippen LogP contribution in [0.15, 0.2) is 30.3 Å². The molecule has 1 fully saturated rings. The molecule has 1 N–H and O–H groups in total. The van der Waals surface area contributed by atoms with Gasteiger partial charge in [-0.15, -0.1) is 0 Å². The lowest BCUT2D eigenvalue weighted by Gasteiger charge is -2.32. The van der Waals surface area contributed by atoms with E-state index in [-0.39, 0.29) is 0 Å². The number of rotatable bonds is 5. The first-order valence-electron chi connectivity index (χ1n) is 7.54. The van der Waals surface area contributed by atoms with Crippen LogP contribution in [-0.2, 0) is 6.54 Å². The van der Waals surface area contributed by atoms with Crippen molar-refractivity contribution in [2.45, 2.75) is 58.5 Å². The number of hydrogen-bond acceptors (Lipinski definition) is 1. The normalized spacial score (nSPS) is 20.6. The lowest BCUT2D eigenvalue weighted by molar-refractivity contribution is 0.218. The van der Waals surface area contributed by atoms with Gasteiger partial charge in [0.25, 0.3) is 0 Å². The molecule has 1 nitrogen and oxygen atoms in total. The Labute approximate surface area is 112 Å². The molecule has 1 aromatic carbocycles. The molecule has 2 rings (SSSR count). The van der Waals surface area contributed by atoms with Crippen molar-refractivity contribution >= 4 is 0 Å². The van der Waals surface area contributed by atoms with Crippen LogP contribution in [0.2, 0.25) is 0 Å². The zero-order valence-electron chi connectivity index (χ0n) is 11.9. The average Bonchev–Trinajstić information content (AvgIpc) is 2.46. The highest BCUT2D eigenvalue weighted by atomic mass is 14.9. The minimum absolute atomic E-state index is 0.619. The third kappa shape index (κ3) is 3.84. The summed E-state index contributed by atoms with van der Waals surface area (Å²) in [6.45, 7) is 5.78. The van der Waals surface area contributed by atoms with Gasteiger partial charge in [0.2, 0.25) is 0 Å². The molecular formula is C17H27N. The van der Waals surface area contributed by atoms with Crippen LogP contribution in [0, 0.1) is 11.8 Å². The van der Waals surface area contributed by atoms with E-state index in [1.165, 1.54) is 37.7 Å². The van der Waals surface area contributed by atoms with E-state index in [0.29, 0.717) is 6.04 Å². The lowest BCUT2D eigenvalue weighted by atomic mass is 9.78. The minimum atomic E-state index is 0.619. The Morgan fingerprint density at radius 1 is 1.06 bits per heavy atom. The van der Waals surface area contributed by atoms with Gasteiger partial charge in [-0.3, -0.25) is 0 Å². The molecule has 1 aliphatic rings. The first-order chi connectivity index (χ1) is 8.77. The number of nitrogens with one attached hydrogen (secondary N) is 1. The van der Waals surface area contributed by atoms with E-state index in [9.17, 15) is 0 Å². The Kier molecular flexibility index (Phi) is 5.25. The monoisotopic (exact) mass is 245 g/mol. The average molecular weight is 245 g/mol. The summed E-state index contributed by atoms with van der Waals surface area (Å²) >= 11 is 0.